The molecule has 5 rings (SSSR count). The molecule has 0 spiro atoms. The van der Waals surface area contributed by atoms with Gasteiger partial charge < -0.3 is 0 Å². The second-order valence-corrected chi connectivity index (χ2v) is 8.61. The van der Waals surface area contributed by atoms with Crippen LogP contribution < -0.4 is 4.72 Å². The zero-order chi connectivity index (χ0) is 19.3. The number of para-hydroxylation sites is 1. The Kier molecular flexibility index (Phi) is 3.73. The molecule has 1 aliphatic carbocycles. The number of sulfonamides is 1. The number of fused-ring (bicyclic) bond motifs is 1. The molecule has 0 bridgehead atoms. The number of aryl methyl sites for hydroxylation is 1. The number of nitrogens with zero attached hydrogens (tertiary/aromatic N) is 5. The lowest BCUT2D eigenvalue weighted by Gasteiger charge is -2.10. The summed E-state index contributed by atoms with van der Waals surface area (Å²) in [6.45, 7) is 0. The van der Waals surface area contributed by atoms with Crippen LogP contribution in [0.25, 0.3) is 16.7 Å². The van der Waals surface area contributed by atoms with Gasteiger partial charge in [0.15, 0.2) is 5.82 Å². The Morgan fingerprint density at radius 1 is 1.11 bits per heavy atom. The van der Waals surface area contributed by atoms with Gasteiger partial charge >= 0.3 is 0 Å². The van der Waals surface area contributed by atoms with Crippen molar-refractivity contribution < 1.29 is 8.42 Å². The lowest BCUT2D eigenvalue weighted by Crippen LogP contribution is -2.14. The Hall–Kier alpha value is -3.20. The summed E-state index contributed by atoms with van der Waals surface area (Å²) < 4.78 is 31.6. The minimum Gasteiger partial charge on any atom is -0.277 e. The van der Waals surface area contributed by atoms with Crippen LogP contribution >= 0.6 is 0 Å². The highest BCUT2D eigenvalue weighted by Gasteiger charge is 2.26. The third kappa shape index (κ3) is 2.93. The number of rotatable bonds is 5. The van der Waals surface area contributed by atoms with Crippen molar-refractivity contribution in [1.29, 1.82) is 0 Å². The van der Waals surface area contributed by atoms with E-state index in [-0.39, 0.29) is 4.90 Å². The Morgan fingerprint density at radius 3 is 2.71 bits per heavy atom. The molecule has 3 aromatic heterocycles. The van der Waals surface area contributed by atoms with E-state index in [1.165, 1.54) is 25.1 Å². The van der Waals surface area contributed by atoms with Gasteiger partial charge in [0.1, 0.15) is 4.90 Å². The molecule has 0 amide bonds. The number of aromatic nitrogens is 5. The number of nitrogens with one attached hydrogen (secondary N) is 1. The topological polar surface area (TPSA) is 94.7 Å². The molecular formula is C19H18N6O2S. The van der Waals surface area contributed by atoms with Gasteiger partial charge in [-0.2, -0.15) is 10.2 Å². The Morgan fingerprint density at radius 2 is 1.96 bits per heavy atom. The highest BCUT2D eigenvalue weighted by molar-refractivity contribution is 7.92. The fourth-order valence-electron chi connectivity index (χ4n) is 3.25. The first-order chi connectivity index (χ1) is 13.5. The van der Waals surface area contributed by atoms with Crippen molar-refractivity contribution in [1.82, 2.24) is 24.5 Å². The molecule has 4 aromatic rings. The third-order valence-corrected chi connectivity index (χ3v) is 6.23. The first kappa shape index (κ1) is 16.9. The monoisotopic (exact) mass is 394 g/mol. The van der Waals surface area contributed by atoms with Gasteiger partial charge in [0.05, 0.1) is 23.1 Å². The highest BCUT2D eigenvalue weighted by Crippen LogP contribution is 2.39. The van der Waals surface area contributed by atoms with Crippen molar-refractivity contribution in [3.63, 3.8) is 0 Å². The first-order valence-corrected chi connectivity index (χ1v) is 10.5. The van der Waals surface area contributed by atoms with Crippen LogP contribution in [-0.2, 0) is 17.1 Å². The van der Waals surface area contributed by atoms with Gasteiger partial charge in [-0.05, 0) is 37.1 Å². The maximum absolute atomic E-state index is 12.8. The van der Waals surface area contributed by atoms with Gasteiger partial charge in [-0.3, -0.25) is 9.40 Å². The Balaban J connectivity index is 1.43. The van der Waals surface area contributed by atoms with Crippen molar-refractivity contribution in [3.05, 3.63) is 60.7 Å². The van der Waals surface area contributed by atoms with Crippen LogP contribution in [0.1, 0.15) is 24.5 Å². The zero-order valence-corrected chi connectivity index (χ0v) is 16.0. The molecule has 1 aromatic carbocycles. The summed E-state index contributed by atoms with van der Waals surface area (Å²) in [7, 11) is -2.01. The van der Waals surface area contributed by atoms with Gasteiger partial charge in [0, 0.05) is 30.7 Å². The normalized spacial score (nSPS) is 14.5. The maximum Gasteiger partial charge on any atom is 0.263 e. The van der Waals surface area contributed by atoms with Crippen LogP contribution in [0, 0.1) is 0 Å². The van der Waals surface area contributed by atoms with E-state index in [4.69, 9.17) is 0 Å². The summed E-state index contributed by atoms with van der Waals surface area (Å²) in [5, 5.41) is 9.56. The Labute approximate surface area is 161 Å². The van der Waals surface area contributed by atoms with Gasteiger partial charge in [0.2, 0.25) is 0 Å². The predicted octanol–water partition coefficient (Wildman–Crippen LogP) is 2.83. The van der Waals surface area contributed by atoms with Crippen molar-refractivity contribution in [2.24, 2.45) is 7.05 Å². The van der Waals surface area contributed by atoms with Crippen LogP contribution in [0.5, 0.6) is 0 Å². The molecule has 0 unspecified atom stereocenters. The molecule has 142 valence electrons. The molecule has 3 heterocycles. The van der Waals surface area contributed by atoms with Crippen LogP contribution in [0.2, 0.25) is 0 Å². The summed E-state index contributed by atoms with van der Waals surface area (Å²) in [5.74, 6) is 1.14. The fourth-order valence-corrected chi connectivity index (χ4v) is 4.26. The molecule has 1 fully saturated rings. The molecule has 1 aliphatic rings. The molecule has 0 aliphatic heterocycles. The van der Waals surface area contributed by atoms with E-state index in [1.54, 1.807) is 40.8 Å². The van der Waals surface area contributed by atoms with Gasteiger partial charge in [0.25, 0.3) is 10.0 Å². The largest absolute Gasteiger partial charge is 0.277 e. The van der Waals surface area contributed by atoms with E-state index in [9.17, 15) is 8.42 Å². The van der Waals surface area contributed by atoms with Crippen molar-refractivity contribution in [2.75, 3.05) is 4.72 Å². The lowest BCUT2D eigenvalue weighted by atomic mass is 10.2. The van der Waals surface area contributed by atoms with Gasteiger partial charge in [-0.25, -0.2) is 18.1 Å². The number of anilines is 1. The lowest BCUT2D eigenvalue weighted by molar-refractivity contribution is 0.600. The van der Waals surface area contributed by atoms with Crippen LogP contribution in [-0.4, -0.2) is 33.0 Å². The second kappa shape index (κ2) is 6.16. The average molecular weight is 394 g/mol. The van der Waals surface area contributed by atoms with Crippen molar-refractivity contribution in [2.45, 2.75) is 23.7 Å². The quantitative estimate of drug-likeness (QED) is 0.562. The zero-order valence-electron chi connectivity index (χ0n) is 15.1. The molecule has 0 atom stereocenters. The standard InChI is InChI=1S/C19H18N6O2S/c1-24-19-14(11-21-24)3-2-4-17(19)23-28(26,27)15-7-8-18(20-12-15)25-10-9-16(22-25)13-5-6-13/h2-4,7-13,23H,5-6H2,1H3. The summed E-state index contributed by atoms with van der Waals surface area (Å²) in [5.41, 5.74) is 2.26. The number of benzene rings is 1. The maximum atomic E-state index is 12.8. The van der Waals surface area contributed by atoms with E-state index in [0.717, 1.165) is 16.6 Å². The molecule has 28 heavy (non-hydrogen) atoms. The Bertz CT molecular complexity index is 1270. The third-order valence-electron chi connectivity index (χ3n) is 4.88. The van der Waals surface area contributed by atoms with Crippen LogP contribution in [0.4, 0.5) is 5.69 Å². The fraction of sp³-hybridized carbons (Fsp3) is 0.211. The average Bonchev–Trinajstić information content (AvgIpc) is 3.29. The van der Waals surface area contributed by atoms with E-state index in [0.29, 0.717) is 17.4 Å². The van der Waals surface area contributed by atoms with Crippen molar-refractivity contribution >= 4 is 26.6 Å². The summed E-state index contributed by atoms with van der Waals surface area (Å²) in [6.07, 6.45) is 7.25. The summed E-state index contributed by atoms with van der Waals surface area (Å²) in [4.78, 5) is 4.37. The van der Waals surface area contributed by atoms with Crippen LogP contribution in [0.15, 0.2) is 59.9 Å². The van der Waals surface area contributed by atoms with E-state index in [1.807, 2.05) is 18.3 Å². The molecular weight excluding hydrogens is 376 g/mol. The molecule has 9 heteroatoms. The van der Waals surface area contributed by atoms with Crippen LogP contribution in [0.3, 0.4) is 0 Å². The minimum atomic E-state index is -3.78. The summed E-state index contributed by atoms with van der Waals surface area (Å²) in [6, 6.07) is 10.6. The number of hydrogen-bond acceptors (Lipinski definition) is 5. The minimum absolute atomic E-state index is 0.0880. The van der Waals surface area contributed by atoms with E-state index >= 15 is 0 Å². The second-order valence-electron chi connectivity index (χ2n) is 6.93. The van der Waals surface area contributed by atoms with E-state index < -0.39 is 10.0 Å². The van der Waals surface area contributed by atoms with Gasteiger partial charge in [-0.15, -0.1) is 0 Å². The van der Waals surface area contributed by atoms with Gasteiger partial charge in [-0.1, -0.05) is 12.1 Å². The molecule has 8 nitrogen and oxygen atoms in total. The summed E-state index contributed by atoms with van der Waals surface area (Å²) >= 11 is 0. The molecule has 0 radical (unpaired) electrons. The molecule has 0 saturated heterocycles. The number of hydrogen-bond donors (Lipinski definition) is 1. The SMILES string of the molecule is Cn1ncc2cccc(NS(=O)(=O)c3ccc(-n4ccc(C5CC5)n4)nc3)c21. The smallest absolute Gasteiger partial charge is 0.263 e. The predicted molar refractivity (Wildman–Crippen MR) is 105 cm³/mol. The highest BCUT2D eigenvalue weighted by atomic mass is 32.2. The van der Waals surface area contributed by atoms with Crippen molar-refractivity contribution in [3.8, 4) is 5.82 Å². The van der Waals surface area contributed by atoms with E-state index in [2.05, 4.69) is 19.9 Å². The first-order valence-electron chi connectivity index (χ1n) is 8.97. The number of pyridine rings is 1. The molecule has 1 N–H and O–H groups in total. The molecule has 1 saturated carbocycles.